The number of carbonyl (C=O) groups excluding carboxylic acids is 1. The quantitative estimate of drug-likeness (QED) is 0.528. The van der Waals surface area contributed by atoms with Gasteiger partial charge in [-0.3, -0.25) is 4.79 Å². The molecule has 2 heterocycles. The number of hydrogen-bond donors (Lipinski definition) is 2. The Kier molecular flexibility index (Phi) is 5.62. The van der Waals surface area contributed by atoms with E-state index in [9.17, 15) is 14.7 Å². The number of fused-ring (bicyclic) bond motifs is 1. The molecule has 0 aliphatic carbocycles. The SMILES string of the molecule is CCOC(=O)c1c(C)[nH]c2c(=O)n(C)cc(C#CC(O)(CC)c3ccccc3)c12. The number of carbonyl (C=O) groups is 1. The fourth-order valence-corrected chi connectivity index (χ4v) is 3.35. The molecule has 1 atom stereocenters. The zero-order valence-corrected chi connectivity index (χ0v) is 17.0. The van der Waals surface area contributed by atoms with E-state index < -0.39 is 11.6 Å². The van der Waals surface area contributed by atoms with Gasteiger partial charge in [-0.25, -0.2) is 4.79 Å². The highest BCUT2D eigenvalue weighted by atomic mass is 16.5. The highest BCUT2D eigenvalue weighted by Gasteiger charge is 2.25. The molecule has 1 unspecified atom stereocenters. The molecule has 2 aromatic heterocycles. The second-order valence-electron chi connectivity index (χ2n) is 6.88. The lowest BCUT2D eigenvalue weighted by atomic mass is 9.91. The number of aromatic amines is 1. The van der Waals surface area contributed by atoms with Crippen LogP contribution in [0.25, 0.3) is 10.9 Å². The van der Waals surface area contributed by atoms with Crippen molar-refractivity contribution in [2.75, 3.05) is 6.61 Å². The molecule has 0 saturated carbocycles. The second kappa shape index (κ2) is 7.98. The van der Waals surface area contributed by atoms with Crippen LogP contribution in [-0.2, 0) is 17.4 Å². The Hall–Kier alpha value is -3.30. The second-order valence-corrected chi connectivity index (χ2v) is 6.88. The molecule has 6 heteroatoms. The third kappa shape index (κ3) is 3.69. The van der Waals surface area contributed by atoms with Gasteiger partial charge in [-0.1, -0.05) is 49.1 Å². The third-order valence-electron chi connectivity index (χ3n) is 4.96. The van der Waals surface area contributed by atoms with E-state index in [1.54, 1.807) is 27.1 Å². The van der Waals surface area contributed by atoms with Crippen molar-refractivity contribution in [2.24, 2.45) is 7.05 Å². The molecule has 0 aliphatic heterocycles. The Balaban J connectivity index is 2.26. The molecule has 0 spiro atoms. The first kappa shape index (κ1) is 20.4. The topological polar surface area (TPSA) is 84.3 Å². The maximum atomic E-state index is 12.6. The van der Waals surface area contributed by atoms with Crippen LogP contribution >= 0.6 is 0 Å². The van der Waals surface area contributed by atoms with E-state index in [0.717, 1.165) is 0 Å². The smallest absolute Gasteiger partial charge is 0.340 e. The molecular formula is C23H24N2O4. The molecule has 150 valence electrons. The van der Waals surface area contributed by atoms with Crippen molar-refractivity contribution in [2.45, 2.75) is 32.8 Å². The lowest BCUT2D eigenvalue weighted by molar-refractivity contribution is 0.0528. The summed E-state index contributed by atoms with van der Waals surface area (Å²) in [6.45, 7) is 5.52. The number of ether oxygens (including phenoxy) is 1. The number of esters is 1. The van der Waals surface area contributed by atoms with Crippen molar-refractivity contribution < 1.29 is 14.6 Å². The predicted molar refractivity (Wildman–Crippen MR) is 112 cm³/mol. The van der Waals surface area contributed by atoms with E-state index in [1.807, 2.05) is 37.3 Å². The lowest BCUT2D eigenvalue weighted by Gasteiger charge is -2.20. The van der Waals surface area contributed by atoms with E-state index in [0.29, 0.717) is 39.7 Å². The van der Waals surface area contributed by atoms with Gasteiger partial charge in [-0.15, -0.1) is 0 Å². The number of benzene rings is 1. The number of pyridine rings is 1. The van der Waals surface area contributed by atoms with Gasteiger partial charge in [0, 0.05) is 24.3 Å². The lowest BCUT2D eigenvalue weighted by Crippen LogP contribution is -2.22. The minimum Gasteiger partial charge on any atom is -0.462 e. The van der Waals surface area contributed by atoms with Crippen LogP contribution in [0.2, 0.25) is 0 Å². The average Bonchev–Trinajstić information content (AvgIpc) is 3.07. The maximum Gasteiger partial charge on any atom is 0.340 e. The fourth-order valence-electron chi connectivity index (χ4n) is 3.35. The molecule has 2 N–H and O–H groups in total. The van der Waals surface area contributed by atoms with Crippen molar-refractivity contribution in [3.8, 4) is 11.8 Å². The van der Waals surface area contributed by atoms with Crippen LogP contribution in [0.1, 0.15) is 47.4 Å². The summed E-state index contributed by atoms with van der Waals surface area (Å²) in [6.07, 6.45) is 1.96. The first-order valence-corrected chi connectivity index (χ1v) is 9.52. The minimum atomic E-state index is -1.35. The molecule has 6 nitrogen and oxygen atoms in total. The first-order chi connectivity index (χ1) is 13.8. The van der Waals surface area contributed by atoms with Crippen molar-refractivity contribution in [1.29, 1.82) is 0 Å². The number of aromatic nitrogens is 2. The molecule has 0 fully saturated rings. The minimum absolute atomic E-state index is 0.223. The summed E-state index contributed by atoms with van der Waals surface area (Å²) >= 11 is 0. The number of hydrogen-bond acceptors (Lipinski definition) is 4. The standard InChI is InChI=1S/C23H24N2O4/c1-5-23(28,17-10-8-7-9-11-17)13-12-16-14-25(4)21(26)20-19(16)18(15(3)24-20)22(27)29-6-2/h7-11,14,24,28H,5-6H2,1-4H3. The Morgan fingerprint density at radius 2 is 1.97 bits per heavy atom. The zero-order valence-electron chi connectivity index (χ0n) is 17.0. The van der Waals surface area contributed by atoms with E-state index in [-0.39, 0.29) is 12.2 Å². The molecular weight excluding hydrogens is 368 g/mol. The van der Waals surface area contributed by atoms with Crippen LogP contribution in [0, 0.1) is 18.8 Å². The van der Waals surface area contributed by atoms with Crippen LogP contribution in [0.5, 0.6) is 0 Å². The molecule has 3 aromatic rings. The Labute approximate surface area is 169 Å². The van der Waals surface area contributed by atoms with Gasteiger partial charge in [0.25, 0.3) is 5.56 Å². The van der Waals surface area contributed by atoms with Gasteiger partial charge in [0.15, 0.2) is 5.60 Å². The van der Waals surface area contributed by atoms with Crippen molar-refractivity contribution in [1.82, 2.24) is 9.55 Å². The molecule has 0 radical (unpaired) electrons. The number of aliphatic hydroxyl groups is 1. The van der Waals surface area contributed by atoms with Gasteiger partial charge in [0.05, 0.1) is 17.7 Å². The number of nitrogens with one attached hydrogen (secondary N) is 1. The summed E-state index contributed by atoms with van der Waals surface area (Å²) in [6, 6.07) is 9.20. The van der Waals surface area contributed by atoms with Gasteiger partial charge < -0.3 is 19.4 Å². The number of aryl methyl sites for hydroxylation is 2. The summed E-state index contributed by atoms with van der Waals surface area (Å²) in [5, 5.41) is 11.5. The average molecular weight is 392 g/mol. The van der Waals surface area contributed by atoms with Crippen LogP contribution < -0.4 is 5.56 Å². The molecule has 0 saturated heterocycles. The van der Waals surface area contributed by atoms with Crippen LogP contribution in [0.4, 0.5) is 0 Å². The highest BCUT2D eigenvalue weighted by Crippen LogP contribution is 2.26. The summed E-state index contributed by atoms with van der Waals surface area (Å²) in [5.74, 6) is 5.45. The van der Waals surface area contributed by atoms with E-state index in [1.165, 1.54) is 4.57 Å². The monoisotopic (exact) mass is 392 g/mol. The summed E-state index contributed by atoms with van der Waals surface area (Å²) < 4.78 is 6.58. The van der Waals surface area contributed by atoms with Gasteiger partial charge in [-0.2, -0.15) is 0 Å². The van der Waals surface area contributed by atoms with Crippen molar-refractivity contribution in [3.05, 3.63) is 69.3 Å². The summed E-state index contributed by atoms with van der Waals surface area (Å²) in [4.78, 5) is 28.1. The van der Waals surface area contributed by atoms with Gasteiger partial charge >= 0.3 is 5.97 Å². The van der Waals surface area contributed by atoms with Gasteiger partial charge in [0.2, 0.25) is 0 Å². The van der Waals surface area contributed by atoms with Crippen molar-refractivity contribution >= 4 is 16.9 Å². The number of nitrogens with zero attached hydrogens (tertiary/aromatic N) is 1. The Bertz CT molecular complexity index is 1180. The number of H-pyrrole nitrogens is 1. The Morgan fingerprint density at radius 3 is 2.59 bits per heavy atom. The fraction of sp³-hybridized carbons (Fsp3) is 0.304. The van der Waals surface area contributed by atoms with Crippen molar-refractivity contribution in [3.63, 3.8) is 0 Å². The van der Waals surface area contributed by atoms with Gasteiger partial charge in [-0.05, 0) is 25.8 Å². The first-order valence-electron chi connectivity index (χ1n) is 9.52. The molecule has 29 heavy (non-hydrogen) atoms. The normalized spacial score (nSPS) is 12.9. The molecule has 1 aromatic carbocycles. The zero-order chi connectivity index (χ0) is 21.2. The predicted octanol–water partition coefficient (Wildman–Crippen LogP) is 3.00. The Morgan fingerprint density at radius 1 is 1.28 bits per heavy atom. The van der Waals surface area contributed by atoms with E-state index >= 15 is 0 Å². The van der Waals surface area contributed by atoms with E-state index in [4.69, 9.17) is 4.74 Å². The van der Waals surface area contributed by atoms with E-state index in [2.05, 4.69) is 16.8 Å². The third-order valence-corrected chi connectivity index (χ3v) is 4.96. The molecule has 0 bridgehead atoms. The summed E-state index contributed by atoms with van der Waals surface area (Å²) in [7, 11) is 1.62. The maximum absolute atomic E-state index is 12.6. The molecule has 3 rings (SSSR count). The highest BCUT2D eigenvalue weighted by molar-refractivity contribution is 6.07. The van der Waals surface area contributed by atoms with Crippen LogP contribution in [0.3, 0.4) is 0 Å². The molecule has 0 aliphatic rings. The van der Waals surface area contributed by atoms with Gasteiger partial charge in [0.1, 0.15) is 5.52 Å². The van der Waals surface area contributed by atoms with Crippen LogP contribution in [0.15, 0.2) is 41.3 Å². The summed E-state index contributed by atoms with van der Waals surface area (Å²) in [5.41, 5.74) is 0.668. The molecule has 0 amide bonds. The largest absolute Gasteiger partial charge is 0.462 e. The number of rotatable bonds is 4. The van der Waals surface area contributed by atoms with Crippen LogP contribution in [-0.4, -0.2) is 27.2 Å².